The quantitative estimate of drug-likeness (QED) is 0.750. The Balaban J connectivity index is 1.89. The Morgan fingerprint density at radius 3 is 2.89 bits per heavy atom. The standard InChI is InChI=1S/C14H13N3O/c1-2-13(18)17-7-10(8-17)14-11-5-3-4-6-12(11)15-9-16-14/h2-6,9-10H,1,7-8H2. The normalized spacial score (nSPS) is 15.4. The summed E-state index contributed by atoms with van der Waals surface area (Å²) in [6, 6.07) is 7.96. The summed E-state index contributed by atoms with van der Waals surface area (Å²) in [5, 5.41) is 1.08. The van der Waals surface area contributed by atoms with Crippen LogP contribution in [-0.4, -0.2) is 33.9 Å². The fourth-order valence-electron chi connectivity index (χ4n) is 2.31. The maximum Gasteiger partial charge on any atom is 0.245 e. The summed E-state index contributed by atoms with van der Waals surface area (Å²) in [7, 11) is 0. The topological polar surface area (TPSA) is 46.1 Å². The zero-order valence-electron chi connectivity index (χ0n) is 9.91. The zero-order valence-corrected chi connectivity index (χ0v) is 9.91. The number of para-hydroxylation sites is 1. The van der Waals surface area contributed by atoms with Crippen LogP contribution >= 0.6 is 0 Å². The molecule has 1 fully saturated rings. The molecule has 0 spiro atoms. The van der Waals surface area contributed by atoms with Crippen molar-refractivity contribution >= 4 is 16.8 Å². The fourth-order valence-corrected chi connectivity index (χ4v) is 2.31. The lowest BCUT2D eigenvalue weighted by molar-refractivity contribution is -0.130. The van der Waals surface area contributed by atoms with Gasteiger partial charge in [-0.3, -0.25) is 4.79 Å². The molecule has 1 aromatic carbocycles. The summed E-state index contributed by atoms with van der Waals surface area (Å²) in [4.78, 5) is 21.8. The van der Waals surface area contributed by atoms with E-state index in [1.54, 1.807) is 11.2 Å². The molecule has 0 saturated carbocycles. The predicted octanol–water partition coefficient (Wildman–Crippen LogP) is 1.74. The van der Waals surface area contributed by atoms with Gasteiger partial charge in [-0.2, -0.15) is 0 Å². The summed E-state index contributed by atoms with van der Waals surface area (Å²) in [5.74, 6) is 0.298. The van der Waals surface area contributed by atoms with Crippen LogP contribution < -0.4 is 0 Å². The molecule has 18 heavy (non-hydrogen) atoms. The highest BCUT2D eigenvalue weighted by Crippen LogP contribution is 2.29. The van der Waals surface area contributed by atoms with Gasteiger partial charge in [-0.25, -0.2) is 9.97 Å². The molecule has 0 radical (unpaired) electrons. The van der Waals surface area contributed by atoms with Crippen LogP contribution in [0.4, 0.5) is 0 Å². The smallest absolute Gasteiger partial charge is 0.245 e. The van der Waals surface area contributed by atoms with Gasteiger partial charge in [0.2, 0.25) is 5.91 Å². The van der Waals surface area contributed by atoms with Gasteiger partial charge >= 0.3 is 0 Å². The van der Waals surface area contributed by atoms with Crippen molar-refractivity contribution in [1.29, 1.82) is 0 Å². The lowest BCUT2D eigenvalue weighted by Gasteiger charge is -2.38. The van der Waals surface area contributed by atoms with Crippen LogP contribution in [0.5, 0.6) is 0 Å². The third-order valence-corrected chi connectivity index (χ3v) is 3.33. The number of hydrogen-bond acceptors (Lipinski definition) is 3. The molecule has 1 aromatic heterocycles. The highest BCUT2D eigenvalue weighted by molar-refractivity contribution is 5.88. The first-order valence-electron chi connectivity index (χ1n) is 5.90. The van der Waals surface area contributed by atoms with Crippen LogP contribution in [0.1, 0.15) is 11.6 Å². The van der Waals surface area contributed by atoms with Gasteiger partial charge in [0.25, 0.3) is 0 Å². The molecule has 2 heterocycles. The molecular weight excluding hydrogens is 226 g/mol. The Bertz CT molecular complexity index is 612. The molecule has 1 aliphatic heterocycles. The third-order valence-electron chi connectivity index (χ3n) is 3.33. The Labute approximate surface area is 105 Å². The van der Waals surface area contributed by atoms with E-state index in [1.807, 2.05) is 24.3 Å². The fraction of sp³-hybridized carbons (Fsp3) is 0.214. The van der Waals surface area contributed by atoms with Crippen LogP contribution in [0.15, 0.2) is 43.2 Å². The number of amides is 1. The maximum absolute atomic E-state index is 11.4. The monoisotopic (exact) mass is 239 g/mol. The summed E-state index contributed by atoms with van der Waals surface area (Å²) in [6.07, 6.45) is 2.95. The van der Waals surface area contributed by atoms with Gasteiger partial charge in [0, 0.05) is 24.4 Å². The van der Waals surface area contributed by atoms with E-state index in [4.69, 9.17) is 0 Å². The van der Waals surface area contributed by atoms with E-state index >= 15 is 0 Å². The third kappa shape index (κ3) is 1.66. The minimum Gasteiger partial charge on any atom is -0.338 e. The minimum absolute atomic E-state index is 0.00962. The number of hydrogen-bond donors (Lipinski definition) is 0. The maximum atomic E-state index is 11.4. The number of fused-ring (bicyclic) bond motifs is 1. The number of carbonyl (C=O) groups excluding carboxylic acids is 1. The van der Waals surface area contributed by atoms with Crippen LogP contribution in [-0.2, 0) is 4.79 Å². The van der Waals surface area contributed by atoms with Gasteiger partial charge in [-0.1, -0.05) is 24.8 Å². The average molecular weight is 239 g/mol. The van der Waals surface area contributed by atoms with Crippen molar-refractivity contribution in [2.75, 3.05) is 13.1 Å². The second kappa shape index (κ2) is 4.22. The van der Waals surface area contributed by atoms with Crippen molar-refractivity contribution < 1.29 is 4.79 Å². The molecule has 3 rings (SSSR count). The van der Waals surface area contributed by atoms with E-state index < -0.39 is 0 Å². The van der Waals surface area contributed by atoms with Crippen LogP contribution in [0.25, 0.3) is 10.9 Å². The molecule has 4 heteroatoms. The van der Waals surface area contributed by atoms with Crippen LogP contribution in [0.3, 0.4) is 0 Å². The van der Waals surface area contributed by atoms with Crippen LogP contribution in [0, 0.1) is 0 Å². The summed E-state index contributed by atoms with van der Waals surface area (Å²) in [5.41, 5.74) is 1.99. The van der Waals surface area contributed by atoms with E-state index in [1.165, 1.54) is 6.08 Å². The second-order valence-electron chi connectivity index (χ2n) is 4.42. The number of carbonyl (C=O) groups is 1. The van der Waals surface area contributed by atoms with Crippen molar-refractivity contribution in [2.24, 2.45) is 0 Å². The first-order valence-corrected chi connectivity index (χ1v) is 5.90. The van der Waals surface area contributed by atoms with Gasteiger partial charge in [-0.15, -0.1) is 0 Å². The molecule has 90 valence electrons. The zero-order chi connectivity index (χ0) is 12.5. The number of benzene rings is 1. The molecule has 1 saturated heterocycles. The predicted molar refractivity (Wildman–Crippen MR) is 69.1 cm³/mol. The summed E-state index contributed by atoms with van der Waals surface area (Å²) in [6.45, 7) is 4.92. The van der Waals surface area contributed by atoms with Gasteiger partial charge in [-0.05, 0) is 12.1 Å². The van der Waals surface area contributed by atoms with Crippen LogP contribution in [0.2, 0.25) is 0 Å². The number of aromatic nitrogens is 2. The SMILES string of the molecule is C=CC(=O)N1CC(c2ncnc3ccccc23)C1. The lowest BCUT2D eigenvalue weighted by Crippen LogP contribution is -2.48. The van der Waals surface area contributed by atoms with Crippen molar-refractivity contribution in [1.82, 2.24) is 14.9 Å². The molecular formula is C14H13N3O. The summed E-state index contributed by atoms with van der Waals surface area (Å²) < 4.78 is 0. The molecule has 0 N–H and O–H groups in total. The van der Waals surface area contributed by atoms with Crippen molar-refractivity contribution in [2.45, 2.75) is 5.92 Å². The van der Waals surface area contributed by atoms with E-state index in [0.717, 1.165) is 16.6 Å². The Morgan fingerprint density at radius 1 is 1.33 bits per heavy atom. The molecule has 4 nitrogen and oxygen atoms in total. The lowest BCUT2D eigenvalue weighted by atomic mass is 9.93. The Hall–Kier alpha value is -2.23. The number of rotatable bonds is 2. The molecule has 0 bridgehead atoms. The first kappa shape index (κ1) is 10.9. The molecule has 0 atom stereocenters. The van der Waals surface area contributed by atoms with E-state index in [9.17, 15) is 4.79 Å². The van der Waals surface area contributed by atoms with Crippen molar-refractivity contribution in [3.05, 3.63) is 48.9 Å². The molecule has 0 unspecified atom stereocenters. The first-order chi connectivity index (χ1) is 8.79. The van der Waals surface area contributed by atoms with Gasteiger partial charge in [0.1, 0.15) is 6.33 Å². The van der Waals surface area contributed by atoms with Gasteiger partial charge in [0.05, 0.1) is 11.2 Å². The molecule has 0 aliphatic carbocycles. The van der Waals surface area contributed by atoms with Crippen molar-refractivity contribution in [3.8, 4) is 0 Å². The minimum atomic E-state index is -0.00962. The molecule has 1 aliphatic rings. The number of nitrogens with zero attached hydrogens (tertiary/aromatic N) is 3. The van der Waals surface area contributed by atoms with Gasteiger partial charge < -0.3 is 4.90 Å². The van der Waals surface area contributed by atoms with Gasteiger partial charge in [0.15, 0.2) is 0 Å². The largest absolute Gasteiger partial charge is 0.338 e. The van der Waals surface area contributed by atoms with E-state index in [2.05, 4.69) is 16.5 Å². The second-order valence-corrected chi connectivity index (χ2v) is 4.42. The Kier molecular flexibility index (Phi) is 2.55. The summed E-state index contributed by atoms with van der Waals surface area (Å²) >= 11 is 0. The molecule has 2 aromatic rings. The highest BCUT2D eigenvalue weighted by Gasteiger charge is 2.32. The van der Waals surface area contributed by atoms with E-state index in [0.29, 0.717) is 19.0 Å². The number of likely N-dealkylation sites (tertiary alicyclic amines) is 1. The molecule has 1 amide bonds. The Morgan fingerprint density at radius 2 is 2.11 bits per heavy atom. The average Bonchev–Trinajstić information content (AvgIpc) is 2.37. The van der Waals surface area contributed by atoms with Crippen molar-refractivity contribution in [3.63, 3.8) is 0 Å². The highest BCUT2D eigenvalue weighted by atomic mass is 16.2. The van der Waals surface area contributed by atoms with E-state index in [-0.39, 0.29) is 5.91 Å².